The Morgan fingerprint density at radius 3 is 2.45 bits per heavy atom. The number of nitrogen functional groups attached to an aromatic ring is 1. The van der Waals surface area contributed by atoms with Crippen LogP contribution >= 0.6 is 11.8 Å². The molecular weight excluding hydrogens is 408 g/mol. The molecule has 2 N–H and O–H groups in total. The van der Waals surface area contributed by atoms with Gasteiger partial charge in [-0.3, -0.25) is 4.98 Å². The first-order valence-corrected chi connectivity index (χ1v) is 10.6. The van der Waals surface area contributed by atoms with E-state index in [1.807, 2.05) is 55.4 Å². The molecule has 1 aromatic carbocycles. The van der Waals surface area contributed by atoms with E-state index in [0.717, 1.165) is 17.9 Å². The molecule has 0 amide bonds. The number of thioether (sulfide) groups is 1. The minimum Gasteiger partial charge on any atom is -0.492 e. The Morgan fingerprint density at radius 1 is 1.10 bits per heavy atom. The SMILES string of the molecule is CN(C)CCOc1ccc(-c2c(C#N)c(N)nc(SCc3cccnc3)c2C#N)cc1. The molecule has 3 aromatic rings. The van der Waals surface area contributed by atoms with Crippen molar-refractivity contribution >= 4 is 17.6 Å². The average Bonchev–Trinajstić information content (AvgIpc) is 2.78. The zero-order valence-corrected chi connectivity index (χ0v) is 18.2. The van der Waals surface area contributed by atoms with Gasteiger partial charge in [0.2, 0.25) is 0 Å². The van der Waals surface area contributed by atoms with Gasteiger partial charge >= 0.3 is 0 Å². The number of pyridine rings is 2. The van der Waals surface area contributed by atoms with Crippen molar-refractivity contribution in [1.82, 2.24) is 14.9 Å². The maximum absolute atomic E-state index is 9.90. The second kappa shape index (κ2) is 10.4. The third kappa shape index (κ3) is 5.52. The smallest absolute Gasteiger partial charge is 0.143 e. The number of nitriles is 2. The minimum absolute atomic E-state index is 0.108. The fraction of sp³-hybridized carbons (Fsp3) is 0.217. The number of hydrogen-bond donors (Lipinski definition) is 1. The molecule has 0 saturated heterocycles. The topological polar surface area (TPSA) is 112 Å². The van der Waals surface area contributed by atoms with Crippen LogP contribution in [0, 0.1) is 22.7 Å². The maximum atomic E-state index is 9.90. The molecule has 0 aliphatic rings. The number of nitrogens with zero attached hydrogens (tertiary/aromatic N) is 5. The first-order valence-electron chi connectivity index (χ1n) is 9.56. The molecule has 3 rings (SSSR count). The number of ether oxygens (including phenoxy) is 1. The molecule has 0 unspecified atom stereocenters. The van der Waals surface area contributed by atoms with E-state index in [-0.39, 0.29) is 11.4 Å². The number of hydrogen-bond acceptors (Lipinski definition) is 8. The third-order valence-corrected chi connectivity index (χ3v) is 5.51. The van der Waals surface area contributed by atoms with Crippen LogP contribution in [0.2, 0.25) is 0 Å². The van der Waals surface area contributed by atoms with E-state index in [4.69, 9.17) is 10.5 Å². The van der Waals surface area contributed by atoms with E-state index in [2.05, 4.69) is 22.1 Å². The first-order chi connectivity index (χ1) is 15.0. The van der Waals surface area contributed by atoms with Crippen LogP contribution < -0.4 is 10.5 Å². The summed E-state index contributed by atoms with van der Waals surface area (Å²) in [6, 6.07) is 15.4. The molecule has 7 nitrogen and oxygen atoms in total. The fourth-order valence-corrected chi connectivity index (χ4v) is 3.82. The lowest BCUT2D eigenvalue weighted by atomic mass is 9.97. The summed E-state index contributed by atoms with van der Waals surface area (Å²) in [5, 5.41) is 20.1. The van der Waals surface area contributed by atoms with E-state index >= 15 is 0 Å². The predicted octanol–water partition coefficient (Wildman–Crippen LogP) is 3.70. The Kier molecular flexibility index (Phi) is 7.45. The van der Waals surface area contributed by atoms with Crippen molar-refractivity contribution in [3.8, 4) is 29.0 Å². The summed E-state index contributed by atoms with van der Waals surface area (Å²) in [6.07, 6.45) is 3.47. The summed E-state index contributed by atoms with van der Waals surface area (Å²) in [6.45, 7) is 1.37. The van der Waals surface area contributed by atoms with Gasteiger partial charge in [0, 0.05) is 30.3 Å². The van der Waals surface area contributed by atoms with E-state index < -0.39 is 0 Å². The van der Waals surface area contributed by atoms with Gasteiger partial charge in [-0.2, -0.15) is 10.5 Å². The number of benzene rings is 1. The second-order valence-electron chi connectivity index (χ2n) is 6.98. The van der Waals surface area contributed by atoms with E-state index in [1.165, 1.54) is 11.8 Å². The van der Waals surface area contributed by atoms with E-state index in [0.29, 0.717) is 34.1 Å². The molecule has 0 atom stereocenters. The summed E-state index contributed by atoms with van der Waals surface area (Å²) in [5.74, 6) is 1.41. The molecule has 156 valence electrons. The molecule has 2 aromatic heterocycles. The molecule has 8 heteroatoms. The van der Waals surface area contributed by atoms with Gasteiger partial charge in [0.15, 0.2) is 0 Å². The molecule has 0 spiro atoms. The van der Waals surface area contributed by atoms with Crippen LogP contribution in [0.1, 0.15) is 16.7 Å². The zero-order valence-electron chi connectivity index (χ0n) is 17.4. The number of aromatic nitrogens is 2. The Bertz CT molecular complexity index is 1120. The highest BCUT2D eigenvalue weighted by molar-refractivity contribution is 7.98. The lowest BCUT2D eigenvalue weighted by Crippen LogP contribution is -2.19. The first kappa shape index (κ1) is 22.1. The van der Waals surface area contributed by atoms with Gasteiger partial charge in [-0.05, 0) is 43.4 Å². The highest BCUT2D eigenvalue weighted by Gasteiger charge is 2.20. The third-order valence-electron chi connectivity index (χ3n) is 4.46. The van der Waals surface area contributed by atoms with Crippen LogP contribution in [0.15, 0.2) is 53.8 Å². The Hall–Kier alpha value is -3.59. The van der Waals surface area contributed by atoms with Crippen molar-refractivity contribution in [1.29, 1.82) is 10.5 Å². The van der Waals surface area contributed by atoms with Crippen LogP contribution in [-0.4, -0.2) is 42.1 Å². The normalized spacial score (nSPS) is 10.5. The highest BCUT2D eigenvalue weighted by atomic mass is 32.2. The number of likely N-dealkylation sites (N-methyl/N-ethyl adjacent to an activating group) is 1. The molecule has 0 bridgehead atoms. The van der Waals surface area contributed by atoms with Crippen LogP contribution in [0.5, 0.6) is 5.75 Å². The number of anilines is 1. The number of rotatable bonds is 8. The van der Waals surface area contributed by atoms with Crippen molar-refractivity contribution in [2.45, 2.75) is 10.8 Å². The quantitative estimate of drug-likeness (QED) is 0.538. The van der Waals surface area contributed by atoms with Gasteiger partial charge in [-0.1, -0.05) is 18.2 Å². The monoisotopic (exact) mass is 430 g/mol. The van der Waals surface area contributed by atoms with Gasteiger partial charge < -0.3 is 15.4 Å². The molecule has 31 heavy (non-hydrogen) atoms. The van der Waals surface area contributed by atoms with Gasteiger partial charge in [-0.15, -0.1) is 11.8 Å². The molecule has 0 fully saturated rings. The van der Waals surface area contributed by atoms with Gasteiger partial charge in [0.25, 0.3) is 0 Å². The van der Waals surface area contributed by atoms with Crippen LogP contribution in [0.25, 0.3) is 11.1 Å². The second-order valence-corrected chi connectivity index (χ2v) is 7.94. The Balaban J connectivity index is 1.94. The fourth-order valence-electron chi connectivity index (χ4n) is 2.89. The van der Waals surface area contributed by atoms with Crippen molar-refractivity contribution < 1.29 is 4.74 Å². The van der Waals surface area contributed by atoms with Crippen molar-refractivity contribution in [2.75, 3.05) is 33.0 Å². The highest BCUT2D eigenvalue weighted by Crippen LogP contribution is 2.37. The molecule has 0 radical (unpaired) electrons. The van der Waals surface area contributed by atoms with Crippen LogP contribution in [0.3, 0.4) is 0 Å². The Morgan fingerprint density at radius 2 is 1.84 bits per heavy atom. The summed E-state index contributed by atoms with van der Waals surface area (Å²) in [5.41, 5.74) is 8.83. The summed E-state index contributed by atoms with van der Waals surface area (Å²) < 4.78 is 5.74. The van der Waals surface area contributed by atoms with Crippen molar-refractivity contribution in [3.05, 3.63) is 65.5 Å². The van der Waals surface area contributed by atoms with Crippen molar-refractivity contribution in [2.24, 2.45) is 0 Å². The molecule has 0 aliphatic heterocycles. The zero-order chi connectivity index (χ0) is 22.2. The minimum atomic E-state index is 0.108. The van der Waals surface area contributed by atoms with Gasteiger partial charge in [0.1, 0.15) is 40.9 Å². The molecular formula is C23H22N6OS. The summed E-state index contributed by atoms with van der Waals surface area (Å²) in [4.78, 5) is 10.5. The van der Waals surface area contributed by atoms with E-state index in [1.54, 1.807) is 12.4 Å². The number of nitrogens with two attached hydrogens (primary N) is 1. The summed E-state index contributed by atoms with van der Waals surface area (Å²) in [7, 11) is 3.97. The van der Waals surface area contributed by atoms with Crippen LogP contribution in [0.4, 0.5) is 5.82 Å². The Labute approximate surface area is 186 Å². The standard InChI is InChI=1S/C23H22N6OS/c1-29(2)10-11-30-18-7-5-17(6-8-18)21-19(12-24)22(26)28-23(20(21)13-25)31-15-16-4-3-9-27-14-16/h3-9,14H,10-11,15H2,1-2H3,(H2,26,28). The lowest BCUT2D eigenvalue weighted by Gasteiger charge is -2.14. The molecule has 0 saturated carbocycles. The molecule has 2 heterocycles. The average molecular weight is 431 g/mol. The maximum Gasteiger partial charge on any atom is 0.143 e. The van der Waals surface area contributed by atoms with E-state index in [9.17, 15) is 10.5 Å². The lowest BCUT2D eigenvalue weighted by molar-refractivity contribution is 0.261. The largest absolute Gasteiger partial charge is 0.492 e. The van der Waals surface area contributed by atoms with Crippen LogP contribution in [-0.2, 0) is 5.75 Å². The predicted molar refractivity (Wildman–Crippen MR) is 121 cm³/mol. The van der Waals surface area contributed by atoms with Gasteiger partial charge in [-0.25, -0.2) is 4.98 Å². The summed E-state index contributed by atoms with van der Waals surface area (Å²) >= 11 is 1.39. The van der Waals surface area contributed by atoms with Crippen molar-refractivity contribution in [3.63, 3.8) is 0 Å². The molecule has 0 aliphatic carbocycles. The van der Waals surface area contributed by atoms with Gasteiger partial charge in [0.05, 0.1) is 5.56 Å².